The maximum absolute atomic E-state index is 10.2. The molecule has 3 aliphatic rings. The fourth-order valence-corrected chi connectivity index (χ4v) is 6.52. The molecule has 0 fully saturated rings. The Kier molecular flexibility index (Phi) is 4.39. The van der Waals surface area contributed by atoms with E-state index in [2.05, 4.69) is 44.1 Å². The van der Waals surface area contributed by atoms with Gasteiger partial charge in [-0.3, -0.25) is 0 Å². The fourth-order valence-electron chi connectivity index (χ4n) is 6.52. The minimum atomic E-state index is -2.41. The summed E-state index contributed by atoms with van der Waals surface area (Å²) in [5.41, 5.74) is 8.20. The predicted octanol–water partition coefficient (Wildman–Crippen LogP) is 6.34. The smallest absolute Gasteiger partial charge is 0.599 e. The molecular weight excluding hydrogens is 471 g/mol. The van der Waals surface area contributed by atoms with Gasteiger partial charge in [0.15, 0.2) is 5.70 Å². The summed E-state index contributed by atoms with van der Waals surface area (Å²) in [4.78, 5) is 3.93. The van der Waals surface area contributed by atoms with E-state index in [4.69, 9.17) is 15.9 Å². The molecule has 0 atom stereocenters. The van der Waals surface area contributed by atoms with Crippen LogP contribution in [0.15, 0.2) is 83.7 Å². The van der Waals surface area contributed by atoms with Gasteiger partial charge in [-0.2, -0.15) is 5.26 Å². The molecule has 0 unspecified atom stereocenters. The van der Waals surface area contributed by atoms with Gasteiger partial charge in [-0.15, -0.1) is 0 Å². The molecule has 0 radical (unpaired) electrons. The molecule has 1 aromatic heterocycles. The Morgan fingerprint density at radius 1 is 0.921 bits per heavy atom. The van der Waals surface area contributed by atoms with Gasteiger partial charge in [0.1, 0.15) is 23.3 Å². The first-order valence-corrected chi connectivity index (χ1v) is 12.6. The summed E-state index contributed by atoms with van der Waals surface area (Å²) in [7, 11) is 0. The van der Waals surface area contributed by atoms with Gasteiger partial charge in [0.25, 0.3) is 5.70 Å². The standard InChI is InChI=1S/C31H23BN4O2/c1-18-25(17-33)20(3)35-30(18)28(22-11-7-6-8-12-22)31-19(2)29(34-5)21(4)36(31)32(35)37-26-15-23-13-9-10-14-24(23)16-27(26)38-32/h6-16H,1-4H3. The summed E-state index contributed by atoms with van der Waals surface area (Å²) in [6, 6.07) is 24.7. The zero-order chi connectivity index (χ0) is 26.3. The van der Waals surface area contributed by atoms with E-state index in [1.807, 2.05) is 70.2 Å². The number of allylic oxidation sites excluding steroid dienone is 2. The highest BCUT2D eigenvalue weighted by molar-refractivity contribution is 6.62. The number of nitrogens with zero attached hydrogens (tertiary/aromatic N) is 4. The van der Waals surface area contributed by atoms with Crippen molar-refractivity contribution < 1.29 is 13.8 Å². The second-order valence-electron chi connectivity index (χ2n) is 10.1. The first-order valence-electron chi connectivity index (χ1n) is 12.6. The molecule has 4 aromatic rings. The summed E-state index contributed by atoms with van der Waals surface area (Å²) < 4.78 is 17.9. The second kappa shape index (κ2) is 7.51. The summed E-state index contributed by atoms with van der Waals surface area (Å²) in [6.45, 7) is 13.5. The molecule has 182 valence electrons. The van der Waals surface area contributed by atoms with Crippen LogP contribution in [0.1, 0.15) is 41.9 Å². The van der Waals surface area contributed by atoms with Crippen LogP contribution in [0.3, 0.4) is 0 Å². The minimum Gasteiger partial charge on any atom is -0.599 e. The molecule has 6 nitrogen and oxygen atoms in total. The molecule has 0 saturated carbocycles. The quantitative estimate of drug-likeness (QED) is 0.229. The van der Waals surface area contributed by atoms with Crippen molar-refractivity contribution in [2.24, 2.45) is 0 Å². The number of hydrogen-bond donors (Lipinski definition) is 0. The van der Waals surface area contributed by atoms with Gasteiger partial charge in [0.05, 0.1) is 17.7 Å². The molecule has 7 heteroatoms. The van der Waals surface area contributed by atoms with Crippen LogP contribution in [0, 0.1) is 31.8 Å². The summed E-state index contributed by atoms with van der Waals surface area (Å²) in [6.07, 6.45) is 0. The third-order valence-electron chi connectivity index (χ3n) is 8.13. The lowest BCUT2D eigenvalue weighted by molar-refractivity contribution is -0.369. The summed E-state index contributed by atoms with van der Waals surface area (Å²) in [5.74, 6) is 1.28. The first kappa shape index (κ1) is 22.2. The molecule has 3 aliphatic heterocycles. The Morgan fingerprint density at radius 2 is 1.53 bits per heavy atom. The van der Waals surface area contributed by atoms with E-state index in [9.17, 15) is 5.26 Å². The van der Waals surface area contributed by atoms with Crippen LogP contribution in [0.25, 0.3) is 21.2 Å². The van der Waals surface area contributed by atoms with Crippen molar-refractivity contribution in [2.75, 3.05) is 0 Å². The van der Waals surface area contributed by atoms with Crippen molar-refractivity contribution in [3.05, 3.63) is 123 Å². The average molecular weight is 494 g/mol. The monoisotopic (exact) mass is 494 g/mol. The van der Waals surface area contributed by atoms with E-state index in [0.717, 1.165) is 55.8 Å². The number of aromatic nitrogens is 1. The molecule has 0 bridgehead atoms. The number of rotatable bonds is 1. The van der Waals surface area contributed by atoms with Crippen molar-refractivity contribution in [2.45, 2.75) is 27.7 Å². The number of nitriles is 1. The number of fused-ring (bicyclic) bond motifs is 6. The predicted molar refractivity (Wildman–Crippen MR) is 148 cm³/mol. The third kappa shape index (κ3) is 2.58. The van der Waals surface area contributed by atoms with Crippen molar-refractivity contribution in [1.29, 1.82) is 5.26 Å². The third-order valence-corrected chi connectivity index (χ3v) is 8.13. The van der Waals surface area contributed by atoms with Crippen LogP contribution in [-0.4, -0.2) is 21.5 Å². The lowest BCUT2D eigenvalue weighted by Crippen LogP contribution is -2.65. The van der Waals surface area contributed by atoms with Crippen molar-refractivity contribution in [3.8, 4) is 17.6 Å². The van der Waals surface area contributed by atoms with Gasteiger partial charge in [-0.1, -0.05) is 54.6 Å². The van der Waals surface area contributed by atoms with Crippen LogP contribution in [0.5, 0.6) is 11.5 Å². The lowest BCUT2D eigenvalue weighted by atomic mass is 9.78. The van der Waals surface area contributed by atoms with Gasteiger partial charge in [-0.25, -0.2) is 4.85 Å². The zero-order valence-electron chi connectivity index (χ0n) is 21.5. The molecule has 0 amide bonds. The Labute approximate surface area is 220 Å². The number of benzene rings is 3. The average Bonchev–Trinajstić information content (AvgIpc) is 3.50. The summed E-state index contributed by atoms with van der Waals surface area (Å²) >= 11 is 0. The highest BCUT2D eigenvalue weighted by Gasteiger charge is 2.64. The molecule has 1 spiro atoms. The van der Waals surface area contributed by atoms with E-state index >= 15 is 0 Å². The molecule has 0 aliphatic carbocycles. The Hall–Kier alpha value is -5.01. The fraction of sp³-hybridized carbons (Fsp3) is 0.129. The van der Waals surface area contributed by atoms with Gasteiger partial charge < -0.3 is 18.3 Å². The molecule has 0 N–H and O–H groups in total. The van der Waals surface area contributed by atoms with Gasteiger partial charge in [-0.05, 0) is 54.8 Å². The molecular formula is C31H23BN4O2. The normalized spacial score (nSPS) is 16.7. The first-order chi connectivity index (χ1) is 18.4. The molecule has 38 heavy (non-hydrogen) atoms. The molecule has 4 heterocycles. The number of hydrogen-bond acceptors (Lipinski definition) is 3. The largest absolute Gasteiger partial charge is 0.779 e. The maximum atomic E-state index is 10.2. The van der Waals surface area contributed by atoms with E-state index < -0.39 is 6.82 Å². The molecule has 3 aromatic carbocycles. The van der Waals surface area contributed by atoms with E-state index in [1.165, 1.54) is 0 Å². The van der Waals surface area contributed by atoms with Gasteiger partial charge in [0.2, 0.25) is 0 Å². The van der Waals surface area contributed by atoms with E-state index in [0.29, 0.717) is 22.8 Å². The van der Waals surface area contributed by atoms with Crippen LogP contribution in [-0.2, 0) is 0 Å². The minimum absolute atomic E-state index is 0.588. The van der Waals surface area contributed by atoms with Crippen LogP contribution in [0.4, 0.5) is 0 Å². The molecule has 0 saturated heterocycles. The summed E-state index contributed by atoms with van der Waals surface area (Å²) in [5, 5.41) is 12.3. The van der Waals surface area contributed by atoms with E-state index in [-0.39, 0.29) is 0 Å². The second-order valence-corrected chi connectivity index (χ2v) is 10.1. The highest BCUT2D eigenvalue weighted by atomic mass is 16.7. The van der Waals surface area contributed by atoms with Crippen molar-refractivity contribution >= 4 is 28.9 Å². The van der Waals surface area contributed by atoms with E-state index in [1.54, 1.807) is 0 Å². The topological polar surface area (TPSA) is 54.6 Å². The zero-order valence-corrected chi connectivity index (χ0v) is 21.5. The SMILES string of the molecule is [C-]#[N+]C1=C(C)C2=C(c3ccccc3)c3c(C)c(C#N)c(C)n3[B-]3(Oc4cc5ccccc5cc4O3)[N+]2=C1C. The Bertz CT molecular complexity index is 1890. The highest BCUT2D eigenvalue weighted by Crippen LogP contribution is 2.50. The van der Waals surface area contributed by atoms with Crippen LogP contribution < -0.4 is 9.31 Å². The lowest BCUT2D eigenvalue weighted by Gasteiger charge is -2.39. The van der Waals surface area contributed by atoms with Crippen LogP contribution in [0.2, 0.25) is 0 Å². The Morgan fingerprint density at radius 3 is 2.11 bits per heavy atom. The van der Waals surface area contributed by atoms with Crippen molar-refractivity contribution in [3.63, 3.8) is 0 Å². The molecule has 7 rings (SSSR count). The Balaban J connectivity index is 1.63. The maximum Gasteiger partial charge on any atom is 0.779 e. The van der Waals surface area contributed by atoms with Gasteiger partial charge in [0, 0.05) is 23.9 Å². The van der Waals surface area contributed by atoms with Gasteiger partial charge >= 0.3 is 6.82 Å². The van der Waals surface area contributed by atoms with Crippen molar-refractivity contribution in [1.82, 2.24) is 4.48 Å². The van der Waals surface area contributed by atoms with Crippen LogP contribution >= 0.6 is 0 Å².